The van der Waals surface area contributed by atoms with Gasteiger partial charge in [0.2, 0.25) is 0 Å². The Labute approximate surface area is 182 Å². The van der Waals surface area contributed by atoms with Crippen LogP contribution in [0.5, 0.6) is 0 Å². The maximum absolute atomic E-state index is 12.8. The largest absolute Gasteiger partial charge is 0.455 e. The number of ether oxygens (including phenoxy) is 1. The van der Waals surface area contributed by atoms with Gasteiger partial charge in [0.1, 0.15) is 5.54 Å². The van der Waals surface area contributed by atoms with Crippen LogP contribution in [0.4, 0.5) is 4.79 Å². The van der Waals surface area contributed by atoms with Gasteiger partial charge in [0, 0.05) is 0 Å². The molecule has 168 valence electrons. The Kier molecular flexibility index (Phi) is 6.97. The van der Waals surface area contributed by atoms with Crippen LogP contribution in [0, 0.1) is 11.8 Å². The Bertz CT molecular complexity index is 833. The summed E-state index contributed by atoms with van der Waals surface area (Å²) in [5, 5.41) is 3.45. The molecule has 2 fully saturated rings. The highest BCUT2D eigenvalue weighted by Gasteiger charge is 2.52. The van der Waals surface area contributed by atoms with Gasteiger partial charge >= 0.3 is 12.0 Å². The highest BCUT2D eigenvalue weighted by atomic mass is 16.5. The van der Waals surface area contributed by atoms with E-state index >= 15 is 0 Å². The molecule has 0 aromatic heterocycles. The fraction of sp³-hybridized carbons (Fsp3) is 0.565. The predicted octanol–water partition coefficient (Wildman–Crippen LogP) is 2.89. The first-order valence-electron chi connectivity index (χ1n) is 10.9. The number of esters is 1. The first-order valence-corrected chi connectivity index (χ1v) is 10.9. The number of urea groups is 1. The highest BCUT2D eigenvalue weighted by Crippen LogP contribution is 2.35. The van der Waals surface area contributed by atoms with Gasteiger partial charge in [-0.15, -0.1) is 0 Å². The molecule has 8 nitrogen and oxygen atoms in total. The molecule has 2 N–H and O–H groups in total. The average molecular weight is 430 g/mol. The predicted molar refractivity (Wildman–Crippen MR) is 113 cm³/mol. The van der Waals surface area contributed by atoms with E-state index < -0.39 is 41.9 Å². The number of carbonyl (C=O) groups is 4. The molecule has 1 aliphatic carbocycles. The molecule has 0 radical (unpaired) electrons. The van der Waals surface area contributed by atoms with Gasteiger partial charge in [-0.25, -0.2) is 4.79 Å². The molecule has 31 heavy (non-hydrogen) atoms. The molecule has 3 rings (SSSR count). The number of hydrogen-bond acceptors (Lipinski definition) is 5. The van der Waals surface area contributed by atoms with Crippen molar-refractivity contribution < 1.29 is 23.9 Å². The molecule has 1 aromatic rings. The lowest BCUT2D eigenvalue weighted by atomic mass is 9.77. The summed E-state index contributed by atoms with van der Waals surface area (Å²) in [5.41, 5.74) is 2.18. The highest BCUT2D eigenvalue weighted by molar-refractivity contribution is 6.08. The number of imide groups is 1. The van der Waals surface area contributed by atoms with Crippen molar-refractivity contribution in [3.05, 3.63) is 35.9 Å². The quantitative estimate of drug-likeness (QED) is 0.512. The first kappa shape index (κ1) is 22.8. The molecular formula is C23H31N3O5. The zero-order valence-electron chi connectivity index (χ0n) is 18.3. The third kappa shape index (κ3) is 4.89. The molecule has 0 bridgehead atoms. The van der Waals surface area contributed by atoms with Crippen LogP contribution in [0.3, 0.4) is 0 Å². The molecule has 0 unspecified atom stereocenters. The average Bonchev–Trinajstić information content (AvgIpc) is 2.99. The van der Waals surface area contributed by atoms with Gasteiger partial charge < -0.3 is 10.1 Å². The number of carbonyl (C=O) groups excluding carboxylic acids is 4. The Morgan fingerprint density at radius 3 is 2.48 bits per heavy atom. The molecule has 1 aliphatic heterocycles. The Balaban J connectivity index is 1.58. The molecular weight excluding hydrogens is 398 g/mol. The van der Waals surface area contributed by atoms with Crippen LogP contribution in [-0.2, 0) is 19.1 Å². The van der Waals surface area contributed by atoms with Gasteiger partial charge in [0.05, 0.1) is 5.92 Å². The van der Waals surface area contributed by atoms with E-state index in [1.807, 2.05) is 44.2 Å². The van der Waals surface area contributed by atoms with E-state index in [0.29, 0.717) is 18.8 Å². The number of hydrogen-bond donors (Lipinski definition) is 2. The number of rotatable bonds is 7. The standard InChI is InChI=1S/C23H31N3O5/c1-4-16(3)19(17-8-6-5-7-9-17)20(28)31-14-18(27)25-26-21(29)23(24-22(26)30)12-10-15(2)11-13-23/h5-9,15-16,19H,4,10-14H2,1-3H3,(H,24,30)(H,25,27)/t15?,16-,19-,23?/m1/s1. The summed E-state index contributed by atoms with van der Waals surface area (Å²) >= 11 is 0. The molecule has 1 saturated carbocycles. The van der Waals surface area contributed by atoms with Crippen molar-refractivity contribution >= 4 is 23.8 Å². The minimum absolute atomic E-state index is 0.0254. The summed E-state index contributed by atoms with van der Waals surface area (Å²) < 4.78 is 5.25. The number of benzene rings is 1. The van der Waals surface area contributed by atoms with Crippen LogP contribution < -0.4 is 10.7 Å². The fourth-order valence-electron chi connectivity index (χ4n) is 4.29. The lowest BCUT2D eigenvalue weighted by Gasteiger charge is -2.33. The smallest absolute Gasteiger partial charge is 0.344 e. The number of nitrogens with one attached hydrogen (secondary N) is 2. The third-order valence-corrected chi connectivity index (χ3v) is 6.50. The van der Waals surface area contributed by atoms with Crippen molar-refractivity contribution in [2.75, 3.05) is 6.61 Å². The van der Waals surface area contributed by atoms with E-state index in [-0.39, 0.29) is 5.92 Å². The van der Waals surface area contributed by atoms with Crippen LogP contribution in [0.2, 0.25) is 0 Å². The van der Waals surface area contributed by atoms with E-state index in [1.54, 1.807) is 0 Å². The summed E-state index contributed by atoms with van der Waals surface area (Å²) in [5.74, 6) is -1.66. The summed E-state index contributed by atoms with van der Waals surface area (Å²) in [6.07, 6.45) is 3.54. The second-order valence-electron chi connectivity index (χ2n) is 8.75. The van der Waals surface area contributed by atoms with Crippen molar-refractivity contribution in [3.63, 3.8) is 0 Å². The zero-order chi connectivity index (χ0) is 22.6. The molecule has 2 aliphatic rings. The first-order chi connectivity index (χ1) is 14.8. The van der Waals surface area contributed by atoms with E-state index in [1.165, 1.54) is 0 Å². The van der Waals surface area contributed by atoms with Crippen molar-refractivity contribution in [1.29, 1.82) is 0 Å². The van der Waals surface area contributed by atoms with Gasteiger partial charge in [-0.3, -0.25) is 19.8 Å². The summed E-state index contributed by atoms with van der Waals surface area (Å²) in [7, 11) is 0. The van der Waals surface area contributed by atoms with E-state index in [4.69, 9.17) is 4.74 Å². The molecule has 8 heteroatoms. The SMILES string of the molecule is CC[C@@H](C)[C@@H](C(=O)OCC(=O)NN1C(=O)NC2(CCC(C)CC2)C1=O)c1ccccc1. The minimum Gasteiger partial charge on any atom is -0.455 e. The molecule has 1 spiro atoms. The second kappa shape index (κ2) is 9.49. The van der Waals surface area contributed by atoms with Crippen LogP contribution in [0.25, 0.3) is 0 Å². The van der Waals surface area contributed by atoms with E-state index in [0.717, 1.165) is 29.8 Å². The fourth-order valence-corrected chi connectivity index (χ4v) is 4.29. The van der Waals surface area contributed by atoms with Crippen LogP contribution in [0.1, 0.15) is 64.4 Å². The normalized spacial score (nSPS) is 25.1. The van der Waals surface area contributed by atoms with Crippen molar-refractivity contribution in [1.82, 2.24) is 15.8 Å². The Hall–Kier alpha value is -2.90. The van der Waals surface area contributed by atoms with E-state index in [2.05, 4.69) is 17.7 Å². The number of nitrogens with zero attached hydrogens (tertiary/aromatic N) is 1. The van der Waals surface area contributed by atoms with Crippen molar-refractivity contribution in [3.8, 4) is 0 Å². The molecule has 4 amide bonds. The summed E-state index contributed by atoms with van der Waals surface area (Å²) in [6, 6.07) is 8.63. The van der Waals surface area contributed by atoms with Crippen molar-refractivity contribution in [2.45, 2.75) is 64.3 Å². The van der Waals surface area contributed by atoms with Crippen molar-refractivity contribution in [2.24, 2.45) is 11.8 Å². The topological polar surface area (TPSA) is 105 Å². The van der Waals surface area contributed by atoms with Gasteiger partial charge in [-0.1, -0.05) is 57.5 Å². The van der Waals surface area contributed by atoms with Gasteiger partial charge in [0.25, 0.3) is 11.8 Å². The van der Waals surface area contributed by atoms with Gasteiger partial charge in [-0.05, 0) is 43.1 Å². The summed E-state index contributed by atoms with van der Waals surface area (Å²) in [4.78, 5) is 50.2. The Morgan fingerprint density at radius 1 is 1.23 bits per heavy atom. The minimum atomic E-state index is -0.942. The zero-order valence-corrected chi connectivity index (χ0v) is 18.3. The molecule has 1 heterocycles. The molecule has 1 saturated heterocycles. The maximum Gasteiger partial charge on any atom is 0.344 e. The Morgan fingerprint density at radius 2 is 1.87 bits per heavy atom. The molecule has 2 atom stereocenters. The van der Waals surface area contributed by atoms with Crippen LogP contribution in [0.15, 0.2) is 30.3 Å². The maximum atomic E-state index is 12.8. The summed E-state index contributed by atoms with van der Waals surface area (Å²) in [6.45, 7) is 5.49. The number of hydrazine groups is 1. The van der Waals surface area contributed by atoms with Crippen LogP contribution >= 0.6 is 0 Å². The van der Waals surface area contributed by atoms with Gasteiger partial charge in [-0.2, -0.15) is 5.01 Å². The second-order valence-corrected chi connectivity index (χ2v) is 8.75. The number of amides is 4. The third-order valence-electron chi connectivity index (χ3n) is 6.50. The lowest BCUT2D eigenvalue weighted by molar-refractivity contribution is -0.153. The van der Waals surface area contributed by atoms with E-state index in [9.17, 15) is 19.2 Å². The lowest BCUT2D eigenvalue weighted by Crippen LogP contribution is -2.52. The van der Waals surface area contributed by atoms with Crippen LogP contribution in [-0.4, -0.2) is 41.0 Å². The molecule has 1 aromatic carbocycles. The van der Waals surface area contributed by atoms with Gasteiger partial charge in [0.15, 0.2) is 6.61 Å². The monoisotopic (exact) mass is 429 g/mol.